The summed E-state index contributed by atoms with van der Waals surface area (Å²) in [6.07, 6.45) is 0. The molecule has 0 radical (unpaired) electrons. The Morgan fingerprint density at radius 1 is 1.06 bits per heavy atom. The average Bonchev–Trinajstić information content (AvgIpc) is 2.38. The second-order valence-electron chi connectivity index (χ2n) is 4.03. The summed E-state index contributed by atoms with van der Waals surface area (Å²) in [6.45, 7) is 2.55. The molecule has 3 heteroatoms. The maximum Gasteiger partial charge on any atom is 0.133 e. The Labute approximate surface area is 116 Å². The minimum atomic E-state index is 0.494. The molecule has 0 N–H and O–H groups in total. The highest BCUT2D eigenvalue weighted by Crippen LogP contribution is 2.26. The Kier molecular flexibility index (Phi) is 4.26. The third kappa shape index (κ3) is 3.05. The highest BCUT2D eigenvalue weighted by atomic mass is 79.9. The van der Waals surface area contributed by atoms with Crippen molar-refractivity contribution in [1.29, 1.82) is 0 Å². The Morgan fingerprint density at radius 2 is 1.83 bits per heavy atom. The van der Waals surface area contributed by atoms with Gasteiger partial charge < -0.3 is 9.47 Å². The van der Waals surface area contributed by atoms with Gasteiger partial charge in [0.15, 0.2) is 0 Å². The molecule has 0 amide bonds. The third-order valence-electron chi connectivity index (χ3n) is 2.66. The maximum atomic E-state index is 5.79. The average molecular weight is 307 g/mol. The molecule has 2 aromatic rings. The molecule has 0 bridgehead atoms. The summed E-state index contributed by atoms with van der Waals surface area (Å²) >= 11 is 3.46. The zero-order chi connectivity index (χ0) is 13.0. The second kappa shape index (κ2) is 5.91. The van der Waals surface area contributed by atoms with Crippen LogP contribution in [0.5, 0.6) is 11.5 Å². The minimum Gasteiger partial charge on any atom is -0.496 e. The summed E-state index contributed by atoms with van der Waals surface area (Å²) in [6, 6.07) is 13.9. The largest absolute Gasteiger partial charge is 0.496 e. The van der Waals surface area contributed by atoms with Crippen LogP contribution in [0.4, 0.5) is 0 Å². The predicted molar refractivity (Wildman–Crippen MR) is 76.2 cm³/mol. The van der Waals surface area contributed by atoms with E-state index in [1.54, 1.807) is 7.11 Å². The van der Waals surface area contributed by atoms with Crippen LogP contribution in [-0.2, 0) is 6.61 Å². The first kappa shape index (κ1) is 13.0. The van der Waals surface area contributed by atoms with Gasteiger partial charge in [-0.2, -0.15) is 0 Å². The molecular weight excluding hydrogens is 292 g/mol. The fourth-order valence-corrected chi connectivity index (χ4v) is 2.14. The van der Waals surface area contributed by atoms with Crippen LogP contribution in [0.3, 0.4) is 0 Å². The van der Waals surface area contributed by atoms with Gasteiger partial charge in [-0.3, -0.25) is 0 Å². The normalized spacial score (nSPS) is 10.2. The number of hydrogen-bond acceptors (Lipinski definition) is 2. The van der Waals surface area contributed by atoms with Crippen LogP contribution in [0.1, 0.15) is 11.1 Å². The zero-order valence-corrected chi connectivity index (χ0v) is 12.0. The molecule has 2 rings (SSSR count). The van der Waals surface area contributed by atoms with Crippen LogP contribution in [0, 0.1) is 6.92 Å². The molecule has 0 fully saturated rings. The van der Waals surface area contributed by atoms with Crippen LogP contribution in [-0.4, -0.2) is 7.11 Å². The SMILES string of the molecule is COc1ccc(C)cc1COc1ccccc1Br. The van der Waals surface area contributed by atoms with Gasteiger partial charge in [0.1, 0.15) is 18.1 Å². The van der Waals surface area contributed by atoms with Gasteiger partial charge in [0.05, 0.1) is 11.6 Å². The fraction of sp³-hybridized carbons (Fsp3) is 0.200. The van der Waals surface area contributed by atoms with Crippen molar-refractivity contribution >= 4 is 15.9 Å². The van der Waals surface area contributed by atoms with E-state index in [0.29, 0.717) is 6.61 Å². The van der Waals surface area contributed by atoms with Crippen molar-refractivity contribution < 1.29 is 9.47 Å². The molecule has 0 saturated carbocycles. The van der Waals surface area contributed by atoms with Crippen LogP contribution in [0.15, 0.2) is 46.9 Å². The zero-order valence-electron chi connectivity index (χ0n) is 10.4. The van der Waals surface area contributed by atoms with Crippen molar-refractivity contribution in [1.82, 2.24) is 0 Å². The first-order valence-electron chi connectivity index (χ1n) is 5.71. The van der Waals surface area contributed by atoms with E-state index < -0.39 is 0 Å². The molecular formula is C15H15BrO2. The van der Waals surface area contributed by atoms with Gasteiger partial charge in [0.2, 0.25) is 0 Å². The van der Waals surface area contributed by atoms with E-state index in [9.17, 15) is 0 Å². The lowest BCUT2D eigenvalue weighted by Gasteiger charge is -2.12. The van der Waals surface area contributed by atoms with E-state index in [-0.39, 0.29) is 0 Å². The summed E-state index contributed by atoms with van der Waals surface area (Å²) in [5.74, 6) is 1.69. The molecule has 0 saturated heterocycles. The maximum absolute atomic E-state index is 5.79. The van der Waals surface area contributed by atoms with Gasteiger partial charge in [-0.1, -0.05) is 23.8 Å². The first-order valence-corrected chi connectivity index (χ1v) is 6.51. The van der Waals surface area contributed by atoms with Gasteiger partial charge >= 0.3 is 0 Å². The molecule has 18 heavy (non-hydrogen) atoms. The van der Waals surface area contributed by atoms with Gasteiger partial charge in [0.25, 0.3) is 0 Å². The summed E-state index contributed by atoms with van der Waals surface area (Å²) in [5.41, 5.74) is 2.25. The van der Waals surface area contributed by atoms with E-state index >= 15 is 0 Å². The predicted octanol–water partition coefficient (Wildman–Crippen LogP) is 4.35. The highest BCUT2D eigenvalue weighted by molar-refractivity contribution is 9.10. The number of methoxy groups -OCH3 is 1. The Morgan fingerprint density at radius 3 is 2.56 bits per heavy atom. The summed E-state index contributed by atoms with van der Waals surface area (Å²) in [7, 11) is 1.67. The first-order chi connectivity index (χ1) is 8.70. The van der Waals surface area contributed by atoms with Crippen LogP contribution in [0.2, 0.25) is 0 Å². The summed E-state index contributed by atoms with van der Waals surface area (Å²) in [5, 5.41) is 0. The number of para-hydroxylation sites is 1. The number of halogens is 1. The van der Waals surface area contributed by atoms with Crippen molar-refractivity contribution in [3.05, 3.63) is 58.1 Å². The van der Waals surface area contributed by atoms with Crippen molar-refractivity contribution in [2.45, 2.75) is 13.5 Å². The van der Waals surface area contributed by atoms with E-state index in [4.69, 9.17) is 9.47 Å². The molecule has 0 spiro atoms. The Bertz CT molecular complexity index is 538. The Hall–Kier alpha value is -1.48. The lowest BCUT2D eigenvalue weighted by molar-refractivity contribution is 0.295. The fourth-order valence-electron chi connectivity index (χ4n) is 1.74. The van der Waals surface area contributed by atoms with Crippen molar-refractivity contribution in [2.24, 2.45) is 0 Å². The van der Waals surface area contributed by atoms with E-state index in [2.05, 4.69) is 28.9 Å². The lowest BCUT2D eigenvalue weighted by Crippen LogP contribution is -1.99. The van der Waals surface area contributed by atoms with Crippen LogP contribution >= 0.6 is 15.9 Å². The standard InChI is InChI=1S/C15H15BrO2/c1-11-7-8-14(17-2)12(9-11)10-18-15-6-4-3-5-13(15)16/h3-9H,10H2,1-2H3. The summed E-state index contributed by atoms with van der Waals surface area (Å²) in [4.78, 5) is 0. The van der Waals surface area contributed by atoms with Crippen LogP contribution in [0.25, 0.3) is 0 Å². The van der Waals surface area contributed by atoms with Gasteiger partial charge in [-0.05, 0) is 47.1 Å². The molecule has 0 atom stereocenters. The van der Waals surface area contributed by atoms with Gasteiger partial charge in [0, 0.05) is 5.56 Å². The van der Waals surface area contributed by atoms with Gasteiger partial charge in [-0.25, -0.2) is 0 Å². The smallest absolute Gasteiger partial charge is 0.133 e. The van der Waals surface area contributed by atoms with Gasteiger partial charge in [-0.15, -0.1) is 0 Å². The Balaban J connectivity index is 2.15. The summed E-state index contributed by atoms with van der Waals surface area (Å²) < 4.78 is 12.1. The van der Waals surface area contributed by atoms with Crippen molar-refractivity contribution in [2.75, 3.05) is 7.11 Å². The minimum absolute atomic E-state index is 0.494. The molecule has 0 aliphatic carbocycles. The number of rotatable bonds is 4. The highest BCUT2D eigenvalue weighted by Gasteiger charge is 2.05. The number of ether oxygens (including phenoxy) is 2. The topological polar surface area (TPSA) is 18.5 Å². The third-order valence-corrected chi connectivity index (χ3v) is 3.31. The monoisotopic (exact) mass is 306 g/mol. The number of aryl methyl sites for hydroxylation is 1. The molecule has 94 valence electrons. The number of hydrogen-bond donors (Lipinski definition) is 0. The molecule has 0 aliphatic heterocycles. The second-order valence-corrected chi connectivity index (χ2v) is 4.89. The lowest BCUT2D eigenvalue weighted by atomic mass is 10.1. The molecule has 2 aromatic carbocycles. The van der Waals surface area contributed by atoms with Crippen LogP contribution < -0.4 is 9.47 Å². The molecule has 2 nitrogen and oxygen atoms in total. The van der Waals surface area contributed by atoms with E-state index in [1.807, 2.05) is 36.4 Å². The van der Waals surface area contributed by atoms with E-state index in [0.717, 1.165) is 21.5 Å². The van der Waals surface area contributed by atoms with E-state index in [1.165, 1.54) is 5.56 Å². The quantitative estimate of drug-likeness (QED) is 0.836. The molecule has 0 aromatic heterocycles. The van der Waals surface area contributed by atoms with Crippen molar-refractivity contribution in [3.63, 3.8) is 0 Å². The molecule has 0 unspecified atom stereocenters. The molecule has 0 aliphatic rings. The number of benzene rings is 2. The molecule has 0 heterocycles. The van der Waals surface area contributed by atoms with Crippen molar-refractivity contribution in [3.8, 4) is 11.5 Å².